The number of nitrogens with zero attached hydrogens (tertiary/aromatic N) is 1. The molecule has 0 aromatic heterocycles. The molecule has 1 aliphatic heterocycles. The molecule has 0 unspecified atom stereocenters. The molecule has 6 heteroatoms. The molecule has 3 rings (SSSR count). The Labute approximate surface area is 158 Å². The van der Waals surface area contributed by atoms with E-state index in [0.29, 0.717) is 18.0 Å². The van der Waals surface area contributed by atoms with Gasteiger partial charge in [0.1, 0.15) is 0 Å². The number of piperidine rings is 1. The lowest BCUT2D eigenvalue weighted by molar-refractivity contribution is -0.137. The molecular formula is C21H27F3N2O. The number of hydrogen-bond acceptors (Lipinski definition) is 2. The summed E-state index contributed by atoms with van der Waals surface area (Å²) in [6.07, 6.45) is 2.32. The van der Waals surface area contributed by atoms with Crippen molar-refractivity contribution < 1.29 is 18.0 Å². The first-order valence-electron chi connectivity index (χ1n) is 9.62. The monoisotopic (exact) mass is 380 g/mol. The third kappa shape index (κ3) is 4.85. The van der Waals surface area contributed by atoms with Crippen LogP contribution in [0.25, 0.3) is 0 Å². The summed E-state index contributed by atoms with van der Waals surface area (Å²) in [4.78, 5) is 14.4. The predicted molar refractivity (Wildman–Crippen MR) is 98.8 cm³/mol. The average molecular weight is 380 g/mol. The minimum Gasteiger partial charge on any atom is -0.365 e. The average Bonchev–Trinajstić information content (AvgIpc) is 3.44. The summed E-state index contributed by atoms with van der Waals surface area (Å²) in [5.74, 6) is 0.500. The van der Waals surface area contributed by atoms with E-state index in [2.05, 4.69) is 10.2 Å². The Kier molecular flexibility index (Phi) is 5.54. The second-order valence-electron chi connectivity index (χ2n) is 8.07. The SMILES string of the molecule is CC(C)(c1cccc(C(F)(F)F)c1)N1CCCCC1=CC(=O)NCC1CC1. The van der Waals surface area contributed by atoms with Crippen molar-refractivity contribution in [2.24, 2.45) is 5.92 Å². The summed E-state index contributed by atoms with van der Waals surface area (Å²) >= 11 is 0. The molecule has 0 spiro atoms. The van der Waals surface area contributed by atoms with E-state index in [-0.39, 0.29) is 5.91 Å². The topological polar surface area (TPSA) is 32.3 Å². The Morgan fingerprint density at radius 2 is 1.93 bits per heavy atom. The van der Waals surface area contributed by atoms with Gasteiger partial charge in [-0.05, 0) is 69.6 Å². The van der Waals surface area contributed by atoms with E-state index < -0.39 is 17.3 Å². The van der Waals surface area contributed by atoms with Crippen molar-refractivity contribution in [3.05, 3.63) is 47.2 Å². The minimum atomic E-state index is -4.37. The molecule has 1 heterocycles. The van der Waals surface area contributed by atoms with Crippen molar-refractivity contribution in [3.63, 3.8) is 0 Å². The number of halogens is 3. The van der Waals surface area contributed by atoms with Crippen LogP contribution in [0.15, 0.2) is 36.0 Å². The van der Waals surface area contributed by atoms with Gasteiger partial charge in [0.05, 0.1) is 11.1 Å². The van der Waals surface area contributed by atoms with Crippen molar-refractivity contribution in [1.29, 1.82) is 0 Å². The maximum atomic E-state index is 13.1. The second-order valence-corrected chi connectivity index (χ2v) is 8.07. The second kappa shape index (κ2) is 7.56. The highest BCUT2D eigenvalue weighted by atomic mass is 19.4. The van der Waals surface area contributed by atoms with Crippen LogP contribution in [-0.4, -0.2) is 23.9 Å². The van der Waals surface area contributed by atoms with Crippen LogP contribution in [0.3, 0.4) is 0 Å². The highest BCUT2D eigenvalue weighted by molar-refractivity contribution is 5.88. The van der Waals surface area contributed by atoms with Crippen molar-refractivity contribution in [2.75, 3.05) is 13.1 Å². The third-order valence-electron chi connectivity index (χ3n) is 5.54. The molecule has 1 N–H and O–H groups in total. The molecule has 0 atom stereocenters. The minimum absolute atomic E-state index is 0.108. The normalized spacial score (nSPS) is 20.0. The summed E-state index contributed by atoms with van der Waals surface area (Å²) in [6, 6.07) is 5.50. The first kappa shape index (κ1) is 19.8. The van der Waals surface area contributed by atoms with Crippen molar-refractivity contribution in [2.45, 2.75) is 57.7 Å². The molecule has 2 fully saturated rings. The van der Waals surface area contributed by atoms with Gasteiger partial charge in [-0.15, -0.1) is 0 Å². The molecular weight excluding hydrogens is 353 g/mol. The lowest BCUT2D eigenvalue weighted by atomic mass is 9.88. The van der Waals surface area contributed by atoms with Gasteiger partial charge >= 0.3 is 6.18 Å². The van der Waals surface area contributed by atoms with E-state index in [4.69, 9.17) is 0 Å². The summed E-state index contributed by atoms with van der Waals surface area (Å²) in [7, 11) is 0. The van der Waals surface area contributed by atoms with E-state index in [1.807, 2.05) is 13.8 Å². The smallest absolute Gasteiger partial charge is 0.365 e. The Bertz CT molecular complexity index is 720. The largest absolute Gasteiger partial charge is 0.416 e. The zero-order valence-electron chi connectivity index (χ0n) is 15.9. The fraction of sp³-hybridized carbons (Fsp3) is 0.571. The van der Waals surface area contributed by atoms with Gasteiger partial charge in [0, 0.05) is 24.9 Å². The van der Waals surface area contributed by atoms with Gasteiger partial charge in [0.2, 0.25) is 5.91 Å². The van der Waals surface area contributed by atoms with Crippen LogP contribution in [0.2, 0.25) is 0 Å². The molecule has 3 nitrogen and oxygen atoms in total. The Morgan fingerprint density at radius 1 is 1.22 bits per heavy atom. The van der Waals surface area contributed by atoms with Crippen LogP contribution < -0.4 is 5.32 Å². The fourth-order valence-corrected chi connectivity index (χ4v) is 3.64. The van der Waals surface area contributed by atoms with Crippen LogP contribution >= 0.6 is 0 Å². The number of allylic oxidation sites excluding steroid dienone is 1. The molecule has 1 saturated carbocycles. The Hall–Kier alpha value is -1.98. The summed E-state index contributed by atoms with van der Waals surface area (Å²) < 4.78 is 39.4. The zero-order valence-corrected chi connectivity index (χ0v) is 15.9. The van der Waals surface area contributed by atoms with Crippen LogP contribution in [0.1, 0.15) is 57.1 Å². The van der Waals surface area contributed by atoms with Gasteiger partial charge in [0.25, 0.3) is 0 Å². The van der Waals surface area contributed by atoms with Crippen LogP contribution in [0, 0.1) is 5.92 Å². The quantitative estimate of drug-likeness (QED) is 0.742. The maximum absolute atomic E-state index is 13.1. The van der Waals surface area contributed by atoms with Crippen LogP contribution in [0.4, 0.5) is 13.2 Å². The maximum Gasteiger partial charge on any atom is 0.416 e. The van der Waals surface area contributed by atoms with E-state index in [0.717, 1.165) is 37.6 Å². The number of rotatable bonds is 5. The van der Waals surface area contributed by atoms with Gasteiger partial charge in [-0.3, -0.25) is 4.79 Å². The molecule has 27 heavy (non-hydrogen) atoms. The number of alkyl halides is 3. The molecule has 1 aliphatic carbocycles. The summed E-state index contributed by atoms with van der Waals surface area (Å²) in [6.45, 7) is 5.28. The standard InChI is InChI=1S/C21H27F3N2O/c1-20(2,16-6-5-7-17(12-16)21(22,23)24)26-11-4-3-8-18(26)13-19(27)25-14-15-9-10-15/h5-7,12-13,15H,3-4,8-11,14H2,1-2H3,(H,25,27). The lowest BCUT2D eigenvalue weighted by Crippen LogP contribution is -2.44. The van der Waals surface area contributed by atoms with Crippen LogP contribution in [0.5, 0.6) is 0 Å². The molecule has 0 bridgehead atoms. The zero-order chi connectivity index (χ0) is 19.7. The molecule has 1 aromatic rings. The van der Waals surface area contributed by atoms with Gasteiger partial charge in [-0.2, -0.15) is 13.2 Å². The molecule has 1 amide bonds. The number of likely N-dealkylation sites (tertiary alicyclic amines) is 1. The molecule has 1 saturated heterocycles. The first-order chi connectivity index (χ1) is 12.7. The Morgan fingerprint density at radius 3 is 2.59 bits per heavy atom. The van der Waals surface area contributed by atoms with E-state index in [1.165, 1.54) is 25.0 Å². The number of nitrogens with one attached hydrogen (secondary N) is 1. The number of amides is 1. The number of carbonyl (C=O) groups is 1. The predicted octanol–water partition coefficient (Wildman–Crippen LogP) is 4.84. The van der Waals surface area contributed by atoms with E-state index in [9.17, 15) is 18.0 Å². The fourth-order valence-electron chi connectivity index (χ4n) is 3.64. The number of carbonyl (C=O) groups excluding carboxylic acids is 1. The number of benzene rings is 1. The van der Waals surface area contributed by atoms with Gasteiger partial charge in [-0.25, -0.2) is 0 Å². The highest BCUT2D eigenvalue weighted by Gasteiger charge is 2.35. The lowest BCUT2D eigenvalue weighted by Gasteiger charge is -2.45. The number of hydrogen-bond donors (Lipinski definition) is 1. The van der Waals surface area contributed by atoms with Gasteiger partial charge < -0.3 is 10.2 Å². The van der Waals surface area contributed by atoms with Crippen molar-refractivity contribution in [1.82, 2.24) is 10.2 Å². The summed E-state index contributed by atoms with van der Waals surface area (Å²) in [5, 5.41) is 2.94. The molecule has 2 aliphatic rings. The van der Waals surface area contributed by atoms with Gasteiger partial charge in [-0.1, -0.05) is 12.1 Å². The summed E-state index contributed by atoms with van der Waals surface area (Å²) in [5.41, 5.74) is 0.225. The highest BCUT2D eigenvalue weighted by Crippen LogP contribution is 2.38. The first-order valence-corrected chi connectivity index (χ1v) is 9.62. The van der Waals surface area contributed by atoms with Crippen LogP contribution in [-0.2, 0) is 16.5 Å². The molecule has 148 valence electrons. The van der Waals surface area contributed by atoms with Gasteiger partial charge in [0.15, 0.2) is 0 Å². The van der Waals surface area contributed by atoms with E-state index >= 15 is 0 Å². The van der Waals surface area contributed by atoms with E-state index in [1.54, 1.807) is 12.1 Å². The van der Waals surface area contributed by atoms with Crippen molar-refractivity contribution in [3.8, 4) is 0 Å². The Balaban J connectivity index is 1.82. The third-order valence-corrected chi connectivity index (χ3v) is 5.54. The molecule has 0 radical (unpaired) electrons. The van der Waals surface area contributed by atoms with Crippen molar-refractivity contribution >= 4 is 5.91 Å². The molecule has 1 aromatic carbocycles.